The second-order valence-electron chi connectivity index (χ2n) is 4.37. The van der Waals surface area contributed by atoms with Crippen molar-refractivity contribution in [2.45, 2.75) is 38.3 Å². The Balaban J connectivity index is 1.92. The highest BCUT2D eigenvalue weighted by Crippen LogP contribution is 2.24. The van der Waals surface area contributed by atoms with E-state index in [1.54, 1.807) is 0 Å². The fourth-order valence-electron chi connectivity index (χ4n) is 2.69. The zero-order valence-corrected chi connectivity index (χ0v) is 9.37. The number of piperazine rings is 1. The van der Waals surface area contributed by atoms with Crippen molar-refractivity contribution in [1.82, 2.24) is 10.2 Å². The average Bonchev–Trinajstić information content (AvgIpc) is 2.17. The molecule has 0 spiro atoms. The topological polar surface area (TPSA) is 41.6 Å². The van der Waals surface area contributed by atoms with Crippen LogP contribution in [0.25, 0.3) is 0 Å². The molecule has 2 heterocycles. The number of esters is 1. The summed E-state index contributed by atoms with van der Waals surface area (Å²) in [6.45, 7) is 4.87. The first-order chi connectivity index (χ1) is 7.31. The standard InChI is InChI=1S/C11H20N2O2/c1-2-15-11(14)8-13-9-4-3-5-10(13)7-12-6-9/h9-10,12H,2-8H2,1H3. The molecule has 2 saturated heterocycles. The van der Waals surface area contributed by atoms with Gasteiger partial charge in [-0.25, -0.2) is 0 Å². The van der Waals surface area contributed by atoms with Crippen LogP contribution in [-0.2, 0) is 9.53 Å². The van der Waals surface area contributed by atoms with Gasteiger partial charge in [-0.05, 0) is 19.8 Å². The lowest BCUT2D eigenvalue weighted by Gasteiger charge is -2.45. The maximum atomic E-state index is 11.5. The third-order valence-electron chi connectivity index (χ3n) is 3.39. The maximum absolute atomic E-state index is 11.5. The van der Waals surface area contributed by atoms with Crippen LogP contribution in [0.1, 0.15) is 26.2 Å². The Kier molecular flexibility index (Phi) is 3.59. The van der Waals surface area contributed by atoms with Gasteiger partial charge in [-0.2, -0.15) is 0 Å². The Labute approximate surface area is 91.0 Å². The van der Waals surface area contributed by atoms with Crippen LogP contribution in [0, 0.1) is 0 Å². The number of ether oxygens (including phenoxy) is 1. The summed E-state index contributed by atoms with van der Waals surface area (Å²) in [7, 11) is 0. The van der Waals surface area contributed by atoms with Gasteiger partial charge in [-0.15, -0.1) is 0 Å². The minimum absolute atomic E-state index is 0.0729. The largest absolute Gasteiger partial charge is 0.465 e. The van der Waals surface area contributed by atoms with Crippen LogP contribution in [0.4, 0.5) is 0 Å². The normalized spacial score (nSPS) is 31.3. The Hall–Kier alpha value is -0.610. The van der Waals surface area contributed by atoms with Gasteiger partial charge in [0, 0.05) is 25.2 Å². The number of carbonyl (C=O) groups is 1. The number of hydrogen-bond acceptors (Lipinski definition) is 4. The van der Waals surface area contributed by atoms with Crippen molar-refractivity contribution in [1.29, 1.82) is 0 Å². The zero-order chi connectivity index (χ0) is 10.7. The van der Waals surface area contributed by atoms with Gasteiger partial charge in [0.1, 0.15) is 0 Å². The molecule has 4 nitrogen and oxygen atoms in total. The summed E-state index contributed by atoms with van der Waals surface area (Å²) in [6, 6.07) is 1.09. The molecule has 2 bridgehead atoms. The van der Waals surface area contributed by atoms with Gasteiger partial charge < -0.3 is 10.1 Å². The van der Waals surface area contributed by atoms with Crippen molar-refractivity contribution in [3.63, 3.8) is 0 Å². The van der Waals surface area contributed by atoms with E-state index in [4.69, 9.17) is 4.74 Å². The van der Waals surface area contributed by atoms with E-state index >= 15 is 0 Å². The molecule has 2 aliphatic heterocycles. The molecule has 0 amide bonds. The molecule has 4 heteroatoms. The van der Waals surface area contributed by atoms with Crippen molar-refractivity contribution >= 4 is 5.97 Å². The highest BCUT2D eigenvalue weighted by molar-refractivity contribution is 5.71. The zero-order valence-electron chi connectivity index (χ0n) is 9.37. The number of hydrogen-bond donors (Lipinski definition) is 1. The van der Waals surface area contributed by atoms with Crippen molar-refractivity contribution in [3.8, 4) is 0 Å². The van der Waals surface area contributed by atoms with E-state index in [0.717, 1.165) is 13.1 Å². The average molecular weight is 212 g/mol. The molecule has 0 aromatic rings. The highest BCUT2D eigenvalue weighted by Gasteiger charge is 2.34. The van der Waals surface area contributed by atoms with Gasteiger partial charge in [0.05, 0.1) is 13.2 Å². The van der Waals surface area contributed by atoms with Crippen LogP contribution in [0.3, 0.4) is 0 Å². The molecule has 0 saturated carbocycles. The summed E-state index contributed by atoms with van der Waals surface area (Å²) >= 11 is 0. The smallest absolute Gasteiger partial charge is 0.320 e. The van der Waals surface area contributed by atoms with Crippen LogP contribution in [0.15, 0.2) is 0 Å². The van der Waals surface area contributed by atoms with Gasteiger partial charge >= 0.3 is 5.97 Å². The van der Waals surface area contributed by atoms with Gasteiger partial charge in [0.25, 0.3) is 0 Å². The summed E-state index contributed by atoms with van der Waals surface area (Å²) < 4.78 is 5.01. The Morgan fingerprint density at radius 1 is 1.40 bits per heavy atom. The number of carbonyl (C=O) groups excluding carboxylic acids is 1. The summed E-state index contributed by atoms with van der Waals surface area (Å²) in [4.78, 5) is 13.8. The molecular weight excluding hydrogens is 192 g/mol. The first-order valence-corrected chi connectivity index (χ1v) is 5.93. The molecule has 0 aliphatic carbocycles. The number of rotatable bonds is 3. The molecule has 86 valence electrons. The van der Waals surface area contributed by atoms with Crippen molar-refractivity contribution < 1.29 is 9.53 Å². The molecule has 2 atom stereocenters. The summed E-state index contributed by atoms with van der Waals surface area (Å²) in [5, 5.41) is 3.43. The maximum Gasteiger partial charge on any atom is 0.320 e. The number of nitrogens with one attached hydrogen (secondary N) is 1. The fraction of sp³-hybridized carbons (Fsp3) is 0.909. The van der Waals surface area contributed by atoms with Gasteiger partial charge in [-0.1, -0.05) is 6.42 Å². The van der Waals surface area contributed by atoms with Crippen molar-refractivity contribution in [2.24, 2.45) is 0 Å². The van der Waals surface area contributed by atoms with E-state index in [9.17, 15) is 4.79 Å². The summed E-state index contributed by atoms with van der Waals surface area (Å²) in [5.41, 5.74) is 0. The SMILES string of the molecule is CCOC(=O)CN1C2CCCC1CNC2. The highest BCUT2D eigenvalue weighted by atomic mass is 16.5. The molecule has 0 aromatic heterocycles. The molecule has 0 aromatic carbocycles. The predicted molar refractivity (Wildman–Crippen MR) is 57.6 cm³/mol. The van der Waals surface area contributed by atoms with Gasteiger partial charge in [0.2, 0.25) is 0 Å². The minimum atomic E-state index is -0.0729. The molecule has 1 N–H and O–H groups in total. The molecule has 0 radical (unpaired) electrons. The second-order valence-corrected chi connectivity index (χ2v) is 4.37. The Morgan fingerprint density at radius 3 is 2.67 bits per heavy atom. The van der Waals surface area contributed by atoms with E-state index in [1.165, 1.54) is 19.3 Å². The second kappa shape index (κ2) is 4.94. The predicted octanol–water partition coefficient (Wildman–Crippen LogP) is 0.376. The fourth-order valence-corrected chi connectivity index (χ4v) is 2.69. The van der Waals surface area contributed by atoms with Crippen LogP contribution in [0.2, 0.25) is 0 Å². The minimum Gasteiger partial charge on any atom is -0.465 e. The molecule has 2 fully saturated rings. The Morgan fingerprint density at radius 2 is 2.07 bits per heavy atom. The first-order valence-electron chi connectivity index (χ1n) is 5.93. The third-order valence-corrected chi connectivity index (χ3v) is 3.39. The van der Waals surface area contributed by atoms with Gasteiger partial charge in [-0.3, -0.25) is 9.69 Å². The van der Waals surface area contributed by atoms with E-state index < -0.39 is 0 Å². The van der Waals surface area contributed by atoms with Crippen molar-refractivity contribution in [3.05, 3.63) is 0 Å². The molecule has 2 unspecified atom stereocenters. The van der Waals surface area contributed by atoms with Gasteiger partial charge in [0.15, 0.2) is 0 Å². The quantitative estimate of drug-likeness (QED) is 0.687. The first kappa shape index (κ1) is 10.9. The van der Waals surface area contributed by atoms with E-state index in [0.29, 0.717) is 25.2 Å². The lowest BCUT2D eigenvalue weighted by atomic mass is 9.92. The third kappa shape index (κ3) is 2.49. The van der Waals surface area contributed by atoms with E-state index in [1.807, 2.05) is 6.92 Å². The van der Waals surface area contributed by atoms with Crippen LogP contribution in [0.5, 0.6) is 0 Å². The summed E-state index contributed by atoms with van der Waals surface area (Å²) in [6.07, 6.45) is 3.72. The molecule has 2 rings (SSSR count). The monoisotopic (exact) mass is 212 g/mol. The molecule has 15 heavy (non-hydrogen) atoms. The van der Waals surface area contributed by atoms with Crippen LogP contribution >= 0.6 is 0 Å². The van der Waals surface area contributed by atoms with Crippen LogP contribution < -0.4 is 5.32 Å². The van der Waals surface area contributed by atoms with E-state index in [-0.39, 0.29) is 5.97 Å². The lowest BCUT2D eigenvalue weighted by molar-refractivity contribution is -0.146. The lowest BCUT2D eigenvalue weighted by Crippen LogP contribution is -2.60. The number of nitrogens with zero attached hydrogens (tertiary/aromatic N) is 1. The Bertz CT molecular complexity index is 211. The van der Waals surface area contributed by atoms with E-state index in [2.05, 4.69) is 10.2 Å². The van der Waals surface area contributed by atoms with Crippen molar-refractivity contribution in [2.75, 3.05) is 26.2 Å². The molecular formula is C11H20N2O2. The number of piperidine rings is 1. The summed E-state index contributed by atoms with van der Waals surface area (Å²) in [5.74, 6) is -0.0729. The number of fused-ring (bicyclic) bond motifs is 2. The van der Waals surface area contributed by atoms with Crippen LogP contribution in [-0.4, -0.2) is 49.2 Å². The molecule has 2 aliphatic rings.